The molecular formula is C15H27N5O. The molecule has 1 saturated heterocycles. The van der Waals surface area contributed by atoms with Gasteiger partial charge in [-0.15, -0.1) is 0 Å². The van der Waals surface area contributed by atoms with Crippen LogP contribution in [0.4, 0.5) is 11.6 Å². The van der Waals surface area contributed by atoms with Crippen molar-refractivity contribution < 1.29 is 4.74 Å². The maximum absolute atomic E-state index is 5.56. The molecule has 0 amide bonds. The lowest BCUT2D eigenvalue weighted by atomic mass is 9.95. The first-order chi connectivity index (χ1) is 9.94. The minimum atomic E-state index is -0.108. The van der Waals surface area contributed by atoms with Gasteiger partial charge in [0.15, 0.2) is 0 Å². The normalized spacial score (nSPS) is 19.7. The molecule has 118 valence electrons. The minimum absolute atomic E-state index is 0.108. The van der Waals surface area contributed by atoms with E-state index in [0.717, 1.165) is 37.8 Å². The maximum atomic E-state index is 5.56. The monoisotopic (exact) mass is 293 g/mol. The summed E-state index contributed by atoms with van der Waals surface area (Å²) in [4.78, 5) is 11.5. The minimum Gasteiger partial charge on any atom is -0.384 e. The van der Waals surface area contributed by atoms with Crippen molar-refractivity contribution in [1.82, 2.24) is 9.97 Å². The van der Waals surface area contributed by atoms with E-state index in [1.807, 2.05) is 6.07 Å². The van der Waals surface area contributed by atoms with Gasteiger partial charge in [0, 0.05) is 31.7 Å². The molecule has 2 rings (SSSR count). The molecule has 0 saturated carbocycles. The van der Waals surface area contributed by atoms with Gasteiger partial charge in [-0.1, -0.05) is 20.8 Å². The van der Waals surface area contributed by atoms with Crippen LogP contribution in [0.25, 0.3) is 0 Å². The second-order valence-corrected chi connectivity index (χ2v) is 6.74. The van der Waals surface area contributed by atoms with Crippen LogP contribution in [0.2, 0.25) is 0 Å². The Balaban J connectivity index is 2.25. The van der Waals surface area contributed by atoms with E-state index in [9.17, 15) is 0 Å². The smallest absolute Gasteiger partial charge is 0.145 e. The first-order valence-electron chi connectivity index (χ1n) is 7.54. The third-order valence-electron chi connectivity index (χ3n) is 3.78. The van der Waals surface area contributed by atoms with Crippen LogP contribution in [0.15, 0.2) is 6.07 Å². The van der Waals surface area contributed by atoms with Gasteiger partial charge in [-0.3, -0.25) is 0 Å². The van der Waals surface area contributed by atoms with E-state index >= 15 is 0 Å². The van der Waals surface area contributed by atoms with Gasteiger partial charge in [-0.05, 0) is 18.8 Å². The van der Waals surface area contributed by atoms with Crippen LogP contribution in [0.1, 0.15) is 39.4 Å². The highest BCUT2D eigenvalue weighted by molar-refractivity contribution is 5.49. The van der Waals surface area contributed by atoms with Crippen LogP contribution in [0.3, 0.4) is 0 Å². The van der Waals surface area contributed by atoms with Crippen molar-refractivity contribution in [1.29, 1.82) is 0 Å². The van der Waals surface area contributed by atoms with Gasteiger partial charge < -0.3 is 15.1 Å². The maximum Gasteiger partial charge on any atom is 0.145 e. The quantitative estimate of drug-likeness (QED) is 0.652. The molecule has 3 N–H and O–H groups in total. The third kappa shape index (κ3) is 4.04. The van der Waals surface area contributed by atoms with Crippen molar-refractivity contribution in [3.05, 3.63) is 11.9 Å². The SMILES string of the molecule is COCC1CCCN(c2cc(NN)nc(C(C)(C)C)n2)C1. The lowest BCUT2D eigenvalue weighted by Gasteiger charge is -2.34. The van der Waals surface area contributed by atoms with E-state index in [2.05, 4.69) is 36.1 Å². The van der Waals surface area contributed by atoms with Crippen molar-refractivity contribution in [3.8, 4) is 0 Å². The zero-order valence-corrected chi connectivity index (χ0v) is 13.5. The van der Waals surface area contributed by atoms with E-state index in [1.54, 1.807) is 7.11 Å². The van der Waals surface area contributed by atoms with Gasteiger partial charge in [0.2, 0.25) is 0 Å². The highest BCUT2D eigenvalue weighted by atomic mass is 16.5. The van der Waals surface area contributed by atoms with Gasteiger partial charge in [0.1, 0.15) is 17.5 Å². The summed E-state index contributed by atoms with van der Waals surface area (Å²) in [6.07, 6.45) is 2.37. The molecule has 1 atom stereocenters. The van der Waals surface area contributed by atoms with Gasteiger partial charge in [-0.25, -0.2) is 15.8 Å². The topological polar surface area (TPSA) is 76.3 Å². The average molecular weight is 293 g/mol. The van der Waals surface area contributed by atoms with Gasteiger partial charge in [-0.2, -0.15) is 0 Å². The number of hydrogen-bond acceptors (Lipinski definition) is 6. The summed E-state index contributed by atoms with van der Waals surface area (Å²) in [6.45, 7) is 9.11. The molecule has 1 fully saturated rings. The standard InChI is InChI=1S/C15H27N5O/c1-15(2,3)14-17-12(19-16)8-13(18-14)20-7-5-6-11(9-20)10-21-4/h8,11H,5-7,9-10,16H2,1-4H3,(H,17,18,19). The van der Waals surface area contributed by atoms with Crippen LogP contribution >= 0.6 is 0 Å². The second kappa shape index (κ2) is 6.58. The molecule has 1 unspecified atom stereocenters. The second-order valence-electron chi connectivity index (χ2n) is 6.74. The Labute approximate surface area is 127 Å². The number of nitrogens with two attached hydrogens (primary N) is 1. The highest BCUT2D eigenvalue weighted by Gasteiger charge is 2.24. The third-order valence-corrected chi connectivity index (χ3v) is 3.78. The van der Waals surface area contributed by atoms with Crippen molar-refractivity contribution >= 4 is 11.6 Å². The van der Waals surface area contributed by atoms with Gasteiger partial charge >= 0.3 is 0 Å². The summed E-state index contributed by atoms with van der Waals surface area (Å²) in [5.41, 5.74) is 2.55. The zero-order valence-electron chi connectivity index (χ0n) is 13.5. The van der Waals surface area contributed by atoms with Crippen LogP contribution in [-0.4, -0.2) is 36.8 Å². The molecule has 2 heterocycles. The Morgan fingerprint density at radius 2 is 2.19 bits per heavy atom. The molecule has 0 spiro atoms. The van der Waals surface area contributed by atoms with Gasteiger partial charge in [0.25, 0.3) is 0 Å². The van der Waals surface area contributed by atoms with E-state index < -0.39 is 0 Å². The molecule has 0 radical (unpaired) electrons. The number of aromatic nitrogens is 2. The molecule has 1 aliphatic rings. The van der Waals surface area contributed by atoms with E-state index in [4.69, 9.17) is 15.6 Å². The number of hydrazine groups is 1. The van der Waals surface area contributed by atoms with Crippen LogP contribution in [0, 0.1) is 5.92 Å². The summed E-state index contributed by atoms with van der Waals surface area (Å²) in [5.74, 6) is 8.54. The molecule has 0 aliphatic carbocycles. The van der Waals surface area contributed by atoms with Crippen molar-refractivity contribution in [2.45, 2.75) is 39.0 Å². The molecule has 0 aromatic carbocycles. The summed E-state index contributed by atoms with van der Waals surface area (Å²) < 4.78 is 5.30. The van der Waals surface area contributed by atoms with E-state index in [0.29, 0.717) is 11.7 Å². The Bertz CT molecular complexity index is 470. The number of methoxy groups -OCH3 is 1. The first kappa shape index (κ1) is 16.0. The predicted octanol–water partition coefficient (Wildman–Crippen LogP) is 1.92. The number of ether oxygens (including phenoxy) is 1. The largest absolute Gasteiger partial charge is 0.384 e. The van der Waals surface area contributed by atoms with Gasteiger partial charge in [0.05, 0.1) is 6.61 Å². The summed E-state index contributed by atoms with van der Waals surface area (Å²) >= 11 is 0. The van der Waals surface area contributed by atoms with Crippen LogP contribution in [0.5, 0.6) is 0 Å². The number of nitrogens with zero attached hydrogens (tertiary/aromatic N) is 3. The molecule has 0 bridgehead atoms. The lowest BCUT2D eigenvalue weighted by Crippen LogP contribution is -2.38. The number of nitrogen functional groups attached to an aromatic ring is 1. The summed E-state index contributed by atoms with van der Waals surface area (Å²) in [7, 11) is 1.76. The average Bonchev–Trinajstić information content (AvgIpc) is 2.46. The number of hydrogen-bond donors (Lipinski definition) is 2. The first-order valence-corrected chi connectivity index (χ1v) is 7.54. The highest BCUT2D eigenvalue weighted by Crippen LogP contribution is 2.27. The molecule has 1 aliphatic heterocycles. The number of rotatable bonds is 4. The lowest BCUT2D eigenvalue weighted by molar-refractivity contribution is 0.143. The van der Waals surface area contributed by atoms with E-state index in [1.165, 1.54) is 6.42 Å². The molecule has 1 aromatic heterocycles. The number of anilines is 2. The Morgan fingerprint density at radius 3 is 2.81 bits per heavy atom. The van der Waals surface area contributed by atoms with Crippen LogP contribution in [-0.2, 0) is 10.2 Å². The Morgan fingerprint density at radius 1 is 1.43 bits per heavy atom. The molecule has 6 heteroatoms. The molecule has 6 nitrogen and oxygen atoms in total. The predicted molar refractivity (Wildman–Crippen MR) is 85.4 cm³/mol. The van der Waals surface area contributed by atoms with Crippen molar-refractivity contribution in [2.75, 3.05) is 37.1 Å². The fraction of sp³-hybridized carbons (Fsp3) is 0.733. The molecule has 21 heavy (non-hydrogen) atoms. The van der Waals surface area contributed by atoms with Crippen molar-refractivity contribution in [3.63, 3.8) is 0 Å². The number of nitrogens with one attached hydrogen (secondary N) is 1. The Kier molecular flexibility index (Phi) is 5.00. The summed E-state index contributed by atoms with van der Waals surface area (Å²) in [5, 5.41) is 0. The molecular weight excluding hydrogens is 266 g/mol. The number of piperidine rings is 1. The zero-order chi connectivity index (χ0) is 15.5. The van der Waals surface area contributed by atoms with E-state index in [-0.39, 0.29) is 5.41 Å². The van der Waals surface area contributed by atoms with Crippen LogP contribution < -0.4 is 16.2 Å². The molecule has 1 aromatic rings. The fourth-order valence-electron chi connectivity index (χ4n) is 2.65. The fourth-order valence-corrected chi connectivity index (χ4v) is 2.65. The van der Waals surface area contributed by atoms with Crippen molar-refractivity contribution in [2.24, 2.45) is 11.8 Å². The summed E-state index contributed by atoms with van der Waals surface area (Å²) in [6, 6.07) is 1.92. The Hall–Kier alpha value is -1.40.